The van der Waals surface area contributed by atoms with Crippen LogP contribution < -0.4 is 9.47 Å². The van der Waals surface area contributed by atoms with Gasteiger partial charge in [-0.2, -0.15) is 0 Å². The summed E-state index contributed by atoms with van der Waals surface area (Å²) in [5, 5.41) is 13.7. The minimum atomic E-state index is -0.744. The zero-order valence-corrected chi connectivity index (χ0v) is 38.9. The van der Waals surface area contributed by atoms with E-state index in [1.165, 1.54) is 65.5 Å². The summed E-state index contributed by atoms with van der Waals surface area (Å²) in [6.07, 6.45) is 10.9. The number of fused-ring (bicyclic) bond motifs is 2. The summed E-state index contributed by atoms with van der Waals surface area (Å²) in [6.45, 7) is 23.0. The van der Waals surface area contributed by atoms with E-state index in [2.05, 4.69) is 138 Å². The number of rotatable bonds is 16. The molecule has 8 nitrogen and oxygen atoms in total. The van der Waals surface area contributed by atoms with E-state index in [0.29, 0.717) is 42.5 Å². The molecule has 2 fully saturated rings. The van der Waals surface area contributed by atoms with Gasteiger partial charge in [0.2, 0.25) is 0 Å². The van der Waals surface area contributed by atoms with Gasteiger partial charge in [-0.1, -0.05) is 91.8 Å². The molecule has 0 amide bonds. The van der Waals surface area contributed by atoms with Crippen LogP contribution in [0.2, 0.25) is 0 Å². The molecule has 334 valence electrons. The first-order valence-corrected chi connectivity index (χ1v) is 23.1. The van der Waals surface area contributed by atoms with Crippen LogP contribution in [0.3, 0.4) is 0 Å². The fraction of sp³-hybridized carbons (Fsp3) is 0.585. The van der Waals surface area contributed by atoms with E-state index in [9.17, 15) is 9.59 Å². The van der Waals surface area contributed by atoms with Crippen molar-refractivity contribution < 1.29 is 28.9 Å². The van der Waals surface area contributed by atoms with Gasteiger partial charge in [-0.25, -0.2) is 0 Å². The van der Waals surface area contributed by atoms with Crippen LogP contribution in [0.25, 0.3) is 21.5 Å². The molecule has 4 aromatic rings. The van der Waals surface area contributed by atoms with Crippen molar-refractivity contribution in [3.05, 3.63) is 83.9 Å². The van der Waals surface area contributed by atoms with Gasteiger partial charge >= 0.3 is 11.9 Å². The number of benzene rings is 4. The SMILES string of the molecule is CCN(CCC(=O)O)Cc1ccc2cc(OC3CCC(C(C)(C)C)CC3)ccc2c1.CCN(CCC(=O)OC)Cc1ccc2cc(OC3CCC(C(C)(C)C)CC3)ccc2c1. The quantitative estimate of drug-likeness (QED) is 0.112. The molecule has 1 N–H and O–H groups in total. The number of esters is 1. The van der Waals surface area contributed by atoms with Crippen molar-refractivity contribution in [1.29, 1.82) is 0 Å². The van der Waals surface area contributed by atoms with Crippen LogP contribution in [0.1, 0.15) is 131 Å². The van der Waals surface area contributed by atoms with Crippen molar-refractivity contribution >= 4 is 33.5 Å². The van der Waals surface area contributed by atoms with Crippen molar-refractivity contribution in [2.75, 3.05) is 33.3 Å². The Kier molecular flexibility index (Phi) is 17.5. The predicted molar refractivity (Wildman–Crippen MR) is 250 cm³/mol. The van der Waals surface area contributed by atoms with Crippen LogP contribution in [0.4, 0.5) is 0 Å². The predicted octanol–water partition coefficient (Wildman–Crippen LogP) is 12.3. The topological polar surface area (TPSA) is 88.5 Å². The van der Waals surface area contributed by atoms with Gasteiger partial charge in [0.05, 0.1) is 32.2 Å². The van der Waals surface area contributed by atoms with Gasteiger partial charge in [0, 0.05) is 26.2 Å². The molecule has 2 aliphatic carbocycles. The number of carboxylic acids is 1. The molecule has 0 aliphatic heterocycles. The lowest BCUT2D eigenvalue weighted by atomic mass is 9.72. The van der Waals surface area contributed by atoms with Gasteiger partial charge in [0.15, 0.2) is 0 Å². The van der Waals surface area contributed by atoms with Crippen LogP contribution >= 0.6 is 0 Å². The molecule has 2 saturated carbocycles. The molecular formula is C53H76N2O6. The molecule has 2 aliphatic rings. The molecule has 0 atom stereocenters. The maximum atomic E-state index is 11.4. The van der Waals surface area contributed by atoms with Gasteiger partial charge < -0.3 is 19.3 Å². The minimum absolute atomic E-state index is 0.156. The number of hydrogen-bond donors (Lipinski definition) is 1. The van der Waals surface area contributed by atoms with Gasteiger partial charge in [-0.3, -0.25) is 19.4 Å². The third-order valence-corrected chi connectivity index (χ3v) is 13.4. The van der Waals surface area contributed by atoms with Crippen molar-refractivity contribution in [3.63, 3.8) is 0 Å². The second-order valence-electron chi connectivity index (χ2n) is 19.8. The van der Waals surface area contributed by atoms with E-state index in [-0.39, 0.29) is 12.4 Å². The number of ether oxygens (including phenoxy) is 3. The first-order chi connectivity index (χ1) is 29.0. The zero-order chi connectivity index (χ0) is 44.2. The fourth-order valence-electron chi connectivity index (χ4n) is 9.19. The summed E-state index contributed by atoms with van der Waals surface area (Å²) in [5.41, 5.74) is 3.27. The van der Waals surface area contributed by atoms with Crippen LogP contribution in [0.5, 0.6) is 11.5 Å². The largest absolute Gasteiger partial charge is 0.490 e. The summed E-state index contributed by atoms with van der Waals surface area (Å²) >= 11 is 0. The third kappa shape index (κ3) is 15.0. The molecule has 0 heterocycles. The smallest absolute Gasteiger partial charge is 0.306 e. The molecule has 0 bridgehead atoms. The summed E-state index contributed by atoms with van der Waals surface area (Å²) in [4.78, 5) is 26.7. The molecule has 0 radical (unpaired) electrons. The van der Waals surface area contributed by atoms with Crippen molar-refractivity contribution in [1.82, 2.24) is 9.80 Å². The summed E-state index contributed by atoms with van der Waals surface area (Å²) in [5.74, 6) is 2.64. The van der Waals surface area contributed by atoms with Crippen molar-refractivity contribution in [3.8, 4) is 11.5 Å². The lowest BCUT2D eigenvalue weighted by Gasteiger charge is -2.37. The van der Waals surface area contributed by atoms with E-state index < -0.39 is 5.97 Å². The summed E-state index contributed by atoms with van der Waals surface area (Å²) in [6, 6.07) is 25.9. The maximum absolute atomic E-state index is 11.4. The Morgan fingerprint density at radius 1 is 0.574 bits per heavy atom. The van der Waals surface area contributed by atoms with E-state index in [1.54, 1.807) is 0 Å². The molecule has 6 rings (SSSR count). The standard InChI is InChI=1S/C27H39NO3.C26H37NO3/c1-6-28(16-15-26(29)30-5)19-20-7-8-22-18-25(12-9-21(22)17-20)31-24-13-10-23(11-14-24)27(2,3)4;1-5-27(15-14-25(28)29)18-19-6-7-21-17-24(11-8-20(21)16-19)30-23-12-9-22(10-13-23)26(2,3)4/h7-9,12,17-18,23-24H,6,10-11,13-16,19H2,1-5H3;6-8,11,16-17,22-23H,5,9-10,12-15,18H2,1-4H3,(H,28,29). The molecule has 0 unspecified atom stereocenters. The molecule has 4 aromatic carbocycles. The third-order valence-electron chi connectivity index (χ3n) is 13.4. The fourth-order valence-corrected chi connectivity index (χ4v) is 9.19. The Labute approximate surface area is 367 Å². The minimum Gasteiger partial charge on any atom is -0.490 e. The second-order valence-corrected chi connectivity index (χ2v) is 19.8. The normalized spacial score (nSPS) is 19.7. The first-order valence-electron chi connectivity index (χ1n) is 23.1. The van der Waals surface area contributed by atoms with Gasteiger partial charge in [0.1, 0.15) is 11.5 Å². The summed E-state index contributed by atoms with van der Waals surface area (Å²) < 4.78 is 17.4. The zero-order valence-electron chi connectivity index (χ0n) is 38.9. The maximum Gasteiger partial charge on any atom is 0.306 e. The Morgan fingerprint density at radius 3 is 1.31 bits per heavy atom. The highest BCUT2D eigenvalue weighted by atomic mass is 16.5. The van der Waals surface area contributed by atoms with Crippen LogP contribution in [0.15, 0.2) is 72.8 Å². The van der Waals surface area contributed by atoms with Crippen molar-refractivity contribution in [2.24, 2.45) is 22.7 Å². The Morgan fingerprint density at radius 2 is 0.951 bits per heavy atom. The molecule has 0 aromatic heterocycles. The molecule has 61 heavy (non-hydrogen) atoms. The van der Waals surface area contributed by atoms with E-state index in [4.69, 9.17) is 19.3 Å². The second kappa shape index (κ2) is 22.3. The lowest BCUT2D eigenvalue weighted by molar-refractivity contribution is -0.141. The summed E-state index contributed by atoms with van der Waals surface area (Å²) in [7, 11) is 1.44. The van der Waals surface area contributed by atoms with E-state index in [0.717, 1.165) is 75.2 Å². The number of aliphatic carboxylic acids is 1. The molecule has 0 spiro atoms. The van der Waals surface area contributed by atoms with Gasteiger partial charge in [0.25, 0.3) is 0 Å². The highest BCUT2D eigenvalue weighted by molar-refractivity contribution is 5.85. The molecular weight excluding hydrogens is 761 g/mol. The highest BCUT2D eigenvalue weighted by Gasteiger charge is 2.31. The van der Waals surface area contributed by atoms with E-state index in [1.807, 2.05) is 0 Å². The Balaban J connectivity index is 0.000000231. The number of hydrogen-bond acceptors (Lipinski definition) is 7. The number of methoxy groups -OCH3 is 1. The van der Waals surface area contributed by atoms with Crippen LogP contribution in [0, 0.1) is 22.7 Å². The molecule has 0 saturated heterocycles. The number of carbonyl (C=O) groups is 2. The average Bonchev–Trinajstić information content (AvgIpc) is 3.23. The van der Waals surface area contributed by atoms with Gasteiger partial charge in [-0.05, 0) is 156 Å². The Bertz CT molecular complexity index is 2000. The number of carbonyl (C=O) groups excluding carboxylic acids is 1. The first kappa shape index (κ1) is 47.9. The van der Waals surface area contributed by atoms with E-state index >= 15 is 0 Å². The monoisotopic (exact) mass is 837 g/mol. The highest BCUT2D eigenvalue weighted by Crippen LogP contribution is 2.40. The lowest BCUT2D eigenvalue weighted by Crippen LogP contribution is -2.30. The average molecular weight is 837 g/mol. The number of carboxylic acid groups (broad SMARTS) is 1. The van der Waals surface area contributed by atoms with Crippen LogP contribution in [-0.2, 0) is 27.4 Å². The van der Waals surface area contributed by atoms with Crippen LogP contribution in [-0.4, -0.2) is 72.3 Å². The van der Waals surface area contributed by atoms with Crippen molar-refractivity contribution in [2.45, 2.75) is 145 Å². The number of nitrogens with zero attached hydrogens (tertiary/aromatic N) is 2. The molecule has 8 heteroatoms. The Hall–Kier alpha value is -4.14. The van der Waals surface area contributed by atoms with Gasteiger partial charge in [-0.15, -0.1) is 0 Å².